The first-order chi connectivity index (χ1) is 6.36. The van der Waals surface area contributed by atoms with Crippen molar-refractivity contribution < 1.29 is 0 Å². The summed E-state index contributed by atoms with van der Waals surface area (Å²) in [5.41, 5.74) is 1.66. The maximum atomic E-state index is 10.9. The van der Waals surface area contributed by atoms with Gasteiger partial charge in [0.15, 0.2) is 0 Å². The van der Waals surface area contributed by atoms with Gasteiger partial charge in [0.05, 0.1) is 6.20 Å². The van der Waals surface area contributed by atoms with Crippen molar-refractivity contribution in [3.63, 3.8) is 0 Å². The molecule has 0 bridgehead atoms. The Morgan fingerprint density at radius 3 is 2.43 bits per heavy atom. The van der Waals surface area contributed by atoms with E-state index in [-0.39, 0.29) is 18.0 Å². The zero-order chi connectivity index (χ0) is 9.10. The SMILES string of the molecule is Cl.O=c1cc(-c2ccccc2)cn[nH]1. The minimum atomic E-state index is -0.179. The first-order valence-corrected chi connectivity index (χ1v) is 3.96. The highest BCUT2D eigenvalue weighted by atomic mass is 35.5. The number of nitrogens with zero attached hydrogens (tertiary/aromatic N) is 1. The fraction of sp³-hybridized carbons (Fsp3) is 0. The van der Waals surface area contributed by atoms with E-state index in [1.165, 1.54) is 6.07 Å². The summed E-state index contributed by atoms with van der Waals surface area (Å²) in [4.78, 5) is 10.9. The molecule has 0 radical (unpaired) electrons. The van der Waals surface area contributed by atoms with Crippen molar-refractivity contribution in [2.45, 2.75) is 0 Å². The number of halogens is 1. The summed E-state index contributed by atoms with van der Waals surface area (Å²) < 4.78 is 0. The highest BCUT2D eigenvalue weighted by molar-refractivity contribution is 5.85. The van der Waals surface area contributed by atoms with Gasteiger partial charge in [0.2, 0.25) is 0 Å². The zero-order valence-electron chi connectivity index (χ0n) is 7.31. The Morgan fingerprint density at radius 2 is 1.79 bits per heavy atom. The van der Waals surface area contributed by atoms with E-state index in [2.05, 4.69) is 10.2 Å². The van der Waals surface area contributed by atoms with Crippen LogP contribution in [-0.2, 0) is 0 Å². The van der Waals surface area contributed by atoms with Gasteiger partial charge >= 0.3 is 0 Å². The van der Waals surface area contributed by atoms with Gasteiger partial charge in [-0.15, -0.1) is 12.4 Å². The molecule has 0 atom stereocenters. The van der Waals surface area contributed by atoms with Crippen molar-refractivity contribution in [3.05, 3.63) is 52.9 Å². The van der Waals surface area contributed by atoms with Crippen LogP contribution in [0.2, 0.25) is 0 Å². The van der Waals surface area contributed by atoms with Crippen LogP contribution in [0.1, 0.15) is 0 Å². The van der Waals surface area contributed by atoms with Crippen LogP contribution in [0.15, 0.2) is 47.4 Å². The van der Waals surface area contributed by atoms with E-state index in [4.69, 9.17) is 0 Å². The number of aromatic amines is 1. The molecule has 4 heteroatoms. The molecule has 1 aromatic heterocycles. The summed E-state index contributed by atoms with van der Waals surface area (Å²) in [6.07, 6.45) is 1.64. The van der Waals surface area contributed by atoms with Gasteiger partial charge in [-0.2, -0.15) is 5.10 Å². The van der Waals surface area contributed by atoms with Crippen LogP contribution < -0.4 is 5.56 Å². The van der Waals surface area contributed by atoms with E-state index in [0.29, 0.717) is 0 Å². The lowest BCUT2D eigenvalue weighted by Gasteiger charge is -1.97. The maximum Gasteiger partial charge on any atom is 0.264 e. The molecular formula is C10H9ClN2O. The van der Waals surface area contributed by atoms with Crippen molar-refractivity contribution in [3.8, 4) is 11.1 Å². The smallest absolute Gasteiger partial charge is 0.264 e. The van der Waals surface area contributed by atoms with Crippen LogP contribution in [-0.4, -0.2) is 10.2 Å². The molecule has 0 unspecified atom stereocenters. The van der Waals surface area contributed by atoms with Gasteiger partial charge in [-0.1, -0.05) is 30.3 Å². The summed E-state index contributed by atoms with van der Waals surface area (Å²) >= 11 is 0. The van der Waals surface area contributed by atoms with Crippen molar-refractivity contribution in [2.24, 2.45) is 0 Å². The van der Waals surface area contributed by atoms with E-state index in [1.807, 2.05) is 30.3 Å². The lowest BCUT2D eigenvalue weighted by molar-refractivity contribution is 0.991. The lowest BCUT2D eigenvalue weighted by atomic mass is 10.1. The van der Waals surface area contributed by atoms with Gasteiger partial charge in [-0.3, -0.25) is 4.79 Å². The molecule has 0 saturated carbocycles. The Morgan fingerprint density at radius 1 is 1.07 bits per heavy atom. The van der Waals surface area contributed by atoms with Crippen LogP contribution in [0.5, 0.6) is 0 Å². The van der Waals surface area contributed by atoms with E-state index in [1.54, 1.807) is 6.20 Å². The van der Waals surface area contributed by atoms with E-state index >= 15 is 0 Å². The molecule has 0 aliphatic carbocycles. The fourth-order valence-electron chi connectivity index (χ4n) is 1.16. The number of hydrogen-bond donors (Lipinski definition) is 1. The Balaban J connectivity index is 0.000000980. The molecular weight excluding hydrogens is 200 g/mol. The van der Waals surface area contributed by atoms with Gasteiger partial charge < -0.3 is 0 Å². The molecule has 1 N–H and O–H groups in total. The second-order valence-electron chi connectivity index (χ2n) is 2.70. The number of aromatic nitrogens is 2. The van der Waals surface area contributed by atoms with Gasteiger partial charge in [-0.25, -0.2) is 5.10 Å². The average Bonchev–Trinajstić information content (AvgIpc) is 2.19. The third kappa shape index (κ3) is 2.20. The third-order valence-corrected chi connectivity index (χ3v) is 1.77. The molecule has 0 aliphatic rings. The number of rotatable bonds is 1. The summed E-state index contributed by atoms with van der Waals surface area (Å²) in [5.74, 6) is 0. The summed E-state index contributed by atoms with van der Waals surface area (Å²) in [5, 5.41) is 6.06. The standard InChI is InChI=1S/C10H8N2O.ClH/c13-10-6-9(7-11-12-10)8-4-2-1-3-5-8;/h1-7H,(H,12,13);1H. The topological polar surface area (TPSA) is 45.8 Å². The van der Waals surface area contributed by atoms with Gasteiger partial charge in [0.25, 0.3) is 5.56 Å². The summed E-state index contributed by atoms with van der Waals surface area (Å²) in [6, 6.07) is 11.2. The van der Waals surface area contributed by atoms with Gasteiger partial charge in [-0.05, 0) is 5.56 Å². The predicted octanol–water partition coefficient (Wildman–Crippen LogP) is 1.86. The zero-order valence-corrected chi connectivity index (χ0v) is 8.12. The molecule has 3 nitrogen and oxygen atoms in total. The number of benzene rings is 1. The number of nitrogens with one attached hydrogen (secondary N) is 1. The molecule has 0 spiro atoms. The van der Waals surface area contributed by atoms with Gasteiger partial charge in [0, 0.05) is 11.6 Å². The second-order valence-corrected chi connectivity index (χ2v) is 2.70. The monoisotopic (exact) mass is 208 g/mol. The molecule has 1 heterocycles. The van der Waals surface area contributed by atoms with Crippen LogP contribution in [0.4, 0.5) is 0 Å². The van der Waals surface area contributed by atoms with Crippen LogP contribution in [0, 0.1) is 0 Å². The summed E-state index contributed by atoms with van der Waals surface area (Å²) in [6.45, 7) is 0. The van der Waals surface area contributed by atoms with Gasteiger partial charge in [0.1, 0.15) is 0 Å². The third-order valence-electron chi connectivity index (χ3n) is 1.77. The van der Waals surface area contributed by atoms with Crippen LogP contribution >= 0.6 is 12.4 Å². The highest BCUT2D eigenvalue weighted by Gasteiger charge is 1.96. The minimum Gasteiger partial charge on any atom is -0.268 e. The maximum absolute atomic E-state index is 10.9. The molecule has 1 aromatic carbocycles. The first-order valence-electron chi connectivity index (χ1n) is 3.96. The number of H-pyrrole nitrogens is 1. The average molecular weight is 209 g/mol. The molecule has 0 saturated heterocycles. The van der Waals surface area contributed by atoms with Crippen molar-refractivity contribution in [1.82, 2.24) is 10.2 Å². The minimum absolute atomic E-state index is 0. The Hall–Kier alpha value is -1.61. The lowest BCUT2D eigenvalue weighted by Crippen LogP contribution is -2.05. The first kappa shape index (κ1) is 10.5. The van der Waals surface area contributed by atoms with Crippen molar-refractivity contribution >= 4 is 12.4 Å². The molecule has 2 aromatic rings. The Labute approximate surface area is 87.2 Å². The normalized spacial score (nSPS) is 9.14. The molecule has 72 valence electrons. The van der Waals surface area contributed by atoms with Crippen LogP contribution in [0.3, 0.4) is 0 Å². The van der Waals surface area contributed by atoms with E-state index in [0.717, 1.165) is 11.1 Å². The Bertz CT molecular complexity index is 453. The summed E-state index contributed by atoms with van der Waals surface area (Å²) in [7, 11) is 0. The largest absolute Gasteiger partial charge is 0.268 e. The van der Waals surface area contributed by atoms with E-state index in [9.17, 15) is 4.79 Å². The molecule has 0 aliphatic heterocycles. The van der Waals surface area contributed by atoms with Crippen LogP contribution in [0.25, 0.3) is 11.1 Å². The second kappa shape index (κ2) is 4.58. The molecule has 14 heavy (non-hydrogen) atoms. The molecule has 2 rings (SSSR count). The number of hydrogen-bond acceptors (Lipinski definition) is 2. The van der Waals surface area contributed by atoms with Crippen molar-refractivity contribution in [2.75, 3.05) is 0 Å². The molecule has 0 amide bonds. The predicted molar refractivity (Wildman–Crippen MR) is 57.5 cm³/mol. The van der Waals surface area contributed by atoms with Crippen molar-refractivity contribution in [1.29, 1.82) is 0 Å². The highest BCUT2D eigenvalue weighted by Crippen LogP contribution is 2.14. The Kier molecular flexibility index (Phi) is 3.42. The quantitative estimate of drug-likeness (QED) is 0.778. The fourth-order valence-corrected chi connectivity index (χ4v) is 1.16. The van der Waals surface area contributed by atoms with E-state index < -0.39 is 0 Å². The molecule has 0 fully saturated rings.